The Hall–Kier alpha value is -0.0800. The monoisotopic (exact) mass is 225 g/mol. The van der Waals surface area contributed by atoms with E-state index >= 15 is 0 Å². The second kappa shape index (κ2) is 5.50. The standard InChI is InChI=1S/C14H27NO/c1-3-8-14(2,10-15-13-6-7-13)11-16-9-12-4-5-12/h12-13,15H,3-11H2,1-2H3. The smallest absolute Gasteiger partial charge is 0.0532 e. The zero-order valence-electron chi connectivity index (χ0n) is 10.9. The molecule has 94 valence electrons. The molecular formula is C14H27NO. The van der Waals surface area contributed by atoms with Crippen LogP contribution >= 0.6 is 0 Å². The van der Waals surface area contributed by atoms with Gasteiger partial charge < -0.3 is 10.1 Å². The van der Waals surface area contributed by atoms with Gasteiger partial charge >= 0.3 is 0 Å². The van der Waals surface area contributed by atoms with Gasteiger partial charge in [0, 0.05) is 24.6 Å². The van der Waals surface area contributed by atoms with E-state index in [1.165, 1.54) is 38.5 Å². The van der Waals surface area contributed by atoms with Crippen LogP contribution in [0.5, 0.6) is 0 Å². The maximum Gasteiger partial charge on any atom is 0.0532 e. The molecule has 0 saturated heterocycles. The fourth-order valence-corrected chi connectivity index (χ4v) is 2.25. The summed E-state index contributed by atoms with van der Waals surface area (Å²) in [6.07, 6.45) is 8.08. The van der Waals surface area contributed by atoms with Crippen molar-refractivity contribution in [1.82, 2.24) is 5.32 Å². The summed E-state index contributed by atoms with van der Waals surface area (Å²) in [5.74, 6) is 0.891. The van der Waals surface area contributed by atoms with Gasteiger partial charge in [0.1, 0.15) is 0 Å². The Bertz CT molecular complexity index is 211. The van der Waals surface area contributed by atoms with E-state index in [-0.39, 0.29) is 0 Å². The second-order valence-corrected chi connectivity index (χ2v) is 6.17. The number of rotatable bonds is 9. The molecule has 2 aliphatic carbocycles. The van der Waals surface area contributed by atoms with E-state index in [9.17, 15) is 0 Å². The van der Waals surface area contributed by atoms with Crippen LogP contribution in [0.15, 0.2) is 0 Å². The SMILES string of the molecule is CCCC(C)(CNC1CC1)COCC1CC1. The highest BCUT2D eigenvalue weighted by molar-refractivity contribution is 4.85. The number of hydrogen-bond acceptors (Lipinski definition) is 2. The fourth-order valence-electron chi connectivity index (χ4n) is 2.25. The average Bonchev–Trinajstić information content (AvgIpc) is 3.11. The number of ether oxygens (including phenoxy) is 1. The molecule has 0 aromatic heterocycles. The summed E-state index contributed by atoms with van der Waals surface area (Å²) < 4.78 is 5.89. The van der Waals surface area contributed by atoms with Gasteiger partial charge in [-0.15, -0.1) is 0 Å². The van der Waals surface area contributed by atoms with Crippen LogP contribution < -0.4 is 5.32 Å². The van der Waals surface area contributed by atoms with Crippen molar-refractivity contribution in [2.24, 2.45) is 11.3 Å². The molecule has 16 heavy (non-hydrogen) atoms. The van der Waals surface area contributed by atoms with Crippen molar-refractivity contribution in [3.8, 4) is 0 Å². The lowest BCUT2D eigenvalue weighted by Gasteiger charge is -2.29. The molecule has 2 rings (SSSR count). The maximum absolute atomic E-state index is 5.89. The minimum absolute atomic E-state index is 0.353. The molecule has 2 fully saturated rings. The summed E-state index contributed by atoms with van der Waals surface area (Å²) >= 11 is 0. The van der Waals surface area contributed by atoms with E-state index in [0.717, 1.165) is 31.7 Å². The van der Waals surface area contributed by atoms with Crippen molar-refractivity contribution in [2.45, 2.75) is 58.4 Å². The third-order valence-corrected chi connectivity index (χ3v) is 3.75. The Morgan fingerprint density at radius 2 is 2.00 bits per heavy atom. The molecule has 1 unspecified atom stereocenters. The molecule has 1 atom stereocenters. The van der Waals surface area contributed by atoms with Gasteiger partial charge in [-0.3, -0.25) is 0 Å². The van der Waals surface area contributed by atoms with E-state index in [4.69, 9.17) is 4.74 Å². The van der Waals surface area contributed by atoms with Gasteiger partial charge in [0.15, 0.2) is 0 Å². The quantitative estimate of drug-likeness (QED) is 0.651. The van der Waals surface area contributed by atoms with Crippen LogP contribution in [0.4, 0.5) is 0 Å². The summed E-state index contributed by atoms with van der Waals surface area (Å²) in [6.45, 7) is 7.73. The molecule has 0 aliphatic heterocycles. The fraction of sp³-hybridized carbons (Fsp3) is 1.00. The van der Waals surface area contributed by atoms with Crippen molar-refractivity contribution in [1.29, 1.82) is 0 Å². The summed E-state index contributed by atoms with van der Waals surface area (Å²) in [5.41, 5.74) is 0.353. The minimum atomic E-state index is 0.353. The molecule has 2 saturated carbocycles. The van der Waals surface area contributed by atoms with Crippen LogP contribution in [0.2, 0.25) is 0 Å². The molecule has 0 spiro atoms. The summed E-state index contributed by atoms with van der Waals surface area (Å²) in [5, 5.41) is 3.66. The van der Waals surface area contributed by atoms with Crippen molar-refractivity contribution < 1.29 is 4.74 Å². The zero-order chi connectivity index (χ0) is 11.4. The van der Waals surface area contributed by atoms with Gasteiger partial charge in [-0.2, -0.15) is 0 Å². The topological polar surface area (TPSA) is 21.3 Å². The molecule has 2 heteroatoms. The predicted octanol–water partition coefficient (Wildman–Crippen LogP) is 2.97. The molecular weight excluding hydrogens is 198 g/mol. The maximum atomic E-state index is 5.89. The van der Waals surface area contributed by atoms with Crippen LogP contribution in [-0.2, 0) is 4.74 Å². The normalized spacial score (nSPS) is 24.4. The lowest BCUT2D eigenvalue weighted by atomic mass is 9.86. The molecule has 0 bridgehead atoms. The van der Waals surface area contributed by atoms with E-state index < -0.39 is 0 Å². The van der Waals surface area contributed by atoms with Crippen LogP contribution in [0.3, 0.4) is 0 Å². The molecule has 0 aromatic carbocycles. The van der Waals surface area contributed by atoms with Crippen molar-refractivity contribution >= 4 is 0 Å². The van der Waals surface area contributed by atoms with Crippen molar-refractivity contribution in [3.05, 3.63) is 0 Å². The van der Waals surface area contributed by atoms with Crippen molar-refractivity contribution in [3.63, 3.8) is 0 Å². The minimum Gasteiger partial charge on any atom is -0.381 e. The average molecular weight is 225 g/mol. The number of nitrogens with one attached hydrogen (secondary N) is 1. The highest BCUT2D eigenvalue weighted by Gasteiger charge is 2.29. The highest BCUT2D eigenvalue weighted by atomic mass is 16.5. The first-order chi connectivity index (χ1) is 7.72. The second-order valence-electron chi connectivity index (χ2n) is 6.17. The first-order valence-electron chi connectivity index (χ1n) is 7.03. The predicted molar refractivity (Wildman–Crippen MR) is 67.6 cm³/mol. The lowest BCUT2D eigenvalue weighted by molar-refractivity contribution is 0.0414. The third kappa shape index (κ3) is 4.42. The van der Waals surface area contributed by atoms with Gasteiger partial charge in [-0.1, -0.05) is 20.3 Å². The molecule has 2 nitrogen and oxygen atoms in total. The highest BCUT2D eigenvalue weighted by Crippen LogP contribution is 2.31. The molecule has 0 radical (unpaired) electrons. The summed E-state index contributed by atoms with van der Waals surface area (Å²) in [4.78, 5) is 0. The van der Waals surface area contributed by atoms with Crippen LogP contribution in [0.1, 0.15) is 52.4 Å². The first kappa shape index (κ1) is 12.4. The molecule has 0 aromatic rings. The van der Waals surface area contributed by atoms with Gasteiger partial charge in [0.25, 0.3) is 0 Å². The van der Waals surface area contributed by atoms with E-state index in [2.05, 4.69) is 19.2 Å². The molecule has 2 aliphatic rings. The first-order valence-corrected chi connectivity index (χ1v) is 7.03. The third-order valence-electron chi connectivity index (χ3n) is 3.75. The Morgan fingerprint density at radius 1 is 1.25 bits per heavy atom. The van der Waals surface area contributed by atoms with Gasteiger partial charge in [0.2, 0.25) is 0 Å². The van der Waals surface area contributed by atoms with E-state index in [1.54, 1.807) is 0 Å². The molecule has 0 amide bonds. The van der Waals surface area contributed by atoms with Crippen LogP contribution in [0.25, 0.3) is 0 Å². The molecule has 0 heterocycles. The Labute approximate surface area is 100 Å². The van der Waals surface area contributed by atoms with Crippen molar-refractivity contribution in [2.75, 3.05) is 19.8 Å². The van der Waals surface area contributed by atoms with Gasteiger partial charge in [0.05, 0.1) is 6.61 Å². The Balaban J connectivity index is 1.65. The Morgan fingerprint density at radius 3 is 2.56 bits per heavy atom. The van der Waals surface area contributed by atoms with Crippen LogP contribution in [-0.4, -0.2) is 25.8 Å². The Kier molecular flexibility index (Phi) is 4.26. The van der Waals surface area contributed by atoms with Gasteiger partial charge in [-0.05, 0) is 38.0 Å². The molecule has 1 N–H and O–H groups in total. The van der Waals surface area contributed by atoms with Crippen LogP contribution in [0, 0.1) is 11.3 Å². The largest absolute Gasteiger partial charge is 0.381 e. The van der Waals surface area contributed by atoms with E-state index in [1.807, 2.05) is 0 Å². The zero-order valence-corrected chi connectivity index (χ0v) is 10.9. The lowest BCUT2D eigenvalue weighted by Crippen LogP contribution is -2.37. The summed E-state index contributed by atoms with van der Waals surface area (Å²) in [6, 6.07) is 0.819. The summed E-state index contributed by atoms with van der Waals surface area (Å²) in [7, 11) is 0. The van der Waals surface area contributed by atoms with E-state index in [0.29, 0.717) is 5.41 Å². The van der Waals surface area contributed by atoms with Gasteiger partial charge in [-0.25, -0.2) is 0 Å². The number of hydrogen-bond donors (Lipinski definition) is 1.